The van der Waals surface area contributed by atoms with Crippen LogP contribution in [0.25, 0.3) is 165 Å². The van der Waals surface area contributed by atoms with E-state index in [0.717, 1.165) is 166 Å². The Kier molecular flexibility index (Phi) is 14.5. The van der Waals surface area contributed by atoms with Crippen LogP contribution in [0.5, 0.6) is 0 Å². The summed E-state index contributed by atoms with van der Waals surface area (Å²) in [5.41, 5.74) is 26.2. The molecule has 0 fully saturated rings. The molecule has 0 spiro atoms. The summed E-state index contributed by atoms with van der Waals surface area (Å²) in [4.78, 5) is 14.2. The summed E-state index contributed by atoms with van der Waals surface area (Å²) in [5, 5.41) is 11.9. The first-order valence-corrected chi connectivity index (χ1v) is 35.3. The molecule has 16 aromatic carbocycles. The number of nitrogens with zero attached hydrogens (tertiary/aromatic N) is 4. The van der Waals surface area contributed by atoms with Crippen LogP contribution in [-0.4, -0.2) is 9.97 Å². The topological polar surface area (TPSA) is 58.5 Å². The predicted octanol–water partition coefficient (Wildman–Crippen LogP) is 27.5. The number of pyridine rings is 2. The van der Waals surface area contributed by atoms with Gasteiger partial charge in [0.15, 0.2) is 0 Å². The molecule has 0 aliphatic carbocycles. The zero-order chi connectivity index (χ0) is 68.6. The fraction of sp³-hybridized carbons (Fsp3) is 0. The molecule has 0 aliphatic rings. The van der Waals surface area contributed by atoms with E-state index in [1.54, 1.807) is 6.20 Å². The summed E-state index contributed by atoms with van der Waals surface area (Å²) < 4.78 is 13.3. The van der Waals surface area contributed by atoms with E-state index in [0.29, 0.717) is 5.71 Å². The number of benzene rings is 16. The maximum Gasteiger partial charge on any atom is 0.227 e. The molecule has 486 valence electrons. The minimum atomic E-state index is 0.637. The van der Waals surface area contributed by atoms with Gasteiger partial charge in [-0.05, 0) is 238 Å². The van der Waals surface area contributed by atoms with Gasteiger partial charge in [0.25, 0.3) is 0 Å². The largest absolute Gasteiger partial charge is 0.455 e. The van der Waals surface area contributed by atoms with Crippen molar-refractivity contribution in [2.75, 3.05) is 9.80 Å². The third-order valence-corrected chi connectivity index (χ3v) is 20.7. The van der Waals surface area contributed by atoms with E-state index in [1.807, 2.05) is 24.4 Å². The lowest BCUT2D eigenvalue weighted by molar-refractivity contribution is 0.657. The van der Waals surface area contributed by atoms with Gasteiger partial charge < -0.3 is 18.6 Å². The maximum absolute atomic E-state index is 6.76. The highest BCUT2D eigenvalue weighted by Crippen LogP contribution is 2.49. The van der Waals surface area contributed by atoms with Gasteiger partial charge in [-0.3, -0.25) is 4.98 Å². The second-order valence-corrected chi connectivity index (χ2v) is 26.8. The second kappa shape index (κ2) is 25.0. The third kappa shape index (κ3) is 10.5. The predicted molar refractivity (Wildman–Crippen MR) is 434 cm³/mol. The van der Waals surface area contributed by atoms with Crippen molar-refractivity contribution in [1.29, 1.82) is 0 Å². The highest BCUT2D eigenvalue weighted by molar-refractivity contribution is 6.22. The standard InChI is InChI=1S/C98H62N4O2/c1-4-18-63(19-5-1)66-32-43-76(44-33-66)101(80-51-40-70-41-53-85-86-29-16-55-100-98(86)104-96(85)91(70)61-80)77-47-36-68(37-48-77)89-59-73(65-22-8-3-9-23-65)58-74-57-72(42-52-84(74)89)81-25-12-13-27-83(81)75-56-71-24-10-11-26-82(71)90(60-75)69-38-49-79(50-39-69)102(78-45-34-67(35-46-78)64-20-6-2-7-21-64)93-62-92-87(30-17-54-99-92)97-95(93)88-28-14-15-31-94(88)103-97/h1-62H. The molecule has 0 saturated carbocycles. The average Bonchev–Trinajstić information content (AvgIpc) is 1.51. The van der Waals surface area contributed by atoms with E-state index in [9.17, 15) is 0 Å². The van der Waals surface area contributed by atoms with E-state index >= 15 is 0 Å². The molecule has 104 heavy (non-hydrogen) atoms. The van der Waals surface area contributed by atoms with Gasteiger partial charge in [0, 0.05) is 67.8 Å². The fourth-order valence-electron chi connectivity index (χ4n) is 15.7. The number of fused-ring (bicyclic) bond motifs is 12. The first kappa shape index (κ1) is 60.1. The second-order valence-electron chi connectivity index (χ2n) is 26.8. The number of para-hydroxylation sites is 1. The smallest absolute Gasteiger partial charge is 0.227 e. The lowest BCUT2D eigenvalue weighted by atomic mass is 9.88. The van der Waals surface area contributed by atoms with Crippen molar-refractivity contribution in [2.24, 2.45) is 0 Å². The molecule has 4 heterocycles. The minimum Gasteiger partial charge on any atom is -0.455 e. The molecule has 0 atom stereocenters. The number of hydrogen-bond donors (Lipinski definition) is 0. The summed E-state index contributed by atoms with van der Waals surface area (Å²) in [7, 11) is 0. The molecule has 4 aromatic heterocycles. The van der Waals surface area contributed by atoms with E-state index in [4.69, 9.17) is 13.8 Å². The normalized spacial score (nSPS) is 11.7. The molecular formula is C98H62N4O2. The third-order valence-electron chi connectivity index (χ3n) is 20.7. The Morgan fingerprint density at radius 3 is 1.35 bits per heavy atom. The summed E-state index contributed by atoms with van der Waals surface area (Å²) in [5.74, 6) is 0. The average molecular weight is 1330 g/mol. The first-order valence-electron chi connectivity index (χ1n) is 35.3. The van der Waals surface area contributed by atoms with Crippen molar-refractivity contribution in [3.63, 3.8) is 0 Å². The van der Waals surface area contributed by atoms with Crippen molar-refractivity contribution in [3.8, 4) is 77.9 Å². The molecule has 20 rings (SSSR count). The summed E-state index contributed by atoms with van der Waals surface area (Å²) >= 11 is 0. The number of furan rings is 2. The number of rotatable bonds is 13. The van der Waals surface area contributed by atoms with Crippen LogP contribution < -0.4 is 9.80 Å². The summed E-state index contributed by atoms with van der Waals surface area (Å²) in [6.45, 7) is 0. The lowest BCUT2D eigenvalue weighted by Gasteiger charge is -2.27. The molecule has 0 saturated heterocycles. The summed E-state index contributed by atoms with van der Waals surface area (Å²) in [6.07, 6.45) is 3.65. The molecule has 0 amide bonds. The van der Waals surface area contributed by atoms with E-state index in [-0.39, 0.29) is 0 Å². The number of aromatic nitrogens is 2. The monoisotopic (exact) mass is 1330 g/mol. The van der Waals surface area contributed by atoms with E-state index in [2.05, 4.69) is 361 Å². The molecule has 0 unspecified atom stereocenters. The maximum atomic E-state index is 6.76. The van der Waals surface area contributed by atoms with Gasteiger partial charge in [-0.15, -0.1) is 0 Å². The molecule has 0 aliphatic heterocycles. The van der Waals surface area contributed by atoms with Crippen molar-refractivity contribution >= 4 is 121 Å². The van der Waals surface area contributed by atoms with Crippen molar-refractivity contribution in [2.45, 2.75) is 0 Å². The molecule has 6 heteroatoms. The van der Waals surface area contributed by atoms with Crippen LogP contribution in [0.15, 0.2) is 385 Å². The van der Waals surface area contributed by atoms with Crippen LogP contribution in [0.4, 0.5) is 34.1 Å². The van der Waals surface area contributed by atoms with Crippen molar-refractivity contribution in [3.05, 3.63) is 376 Å². The van der Waals surface area contributed by atoms with Crippen molar-refractivity contribution in [1.82, 2.24) is 9.97 Å². The van der Waals surface area contributed by atoms with Crippen LogP contribution in [0.2, 0.25) is 0 Å². The zero-order valence-corrected chi connectivity index (χ0v) is 56.4. The van der Waals surface area contributed by atoms with Crippen LogP contribution >= 0.6 is 0 Å². The van der Waals surface area contributed by atoms with Gasteiger partial charge in [0.1, 0.15) is 16.7 Å². The van der Waals surface area contributed by atoms with Crippen LogP contribution in [0.3, 0.4) is 0 Å². The highest BCUT2D eigenvalue weighted by atomic mass is 16.3. The van der Waals surface area contributed by atoms with Gasteiger partial charge in [0.2, 0.25) is 5.71 Å². The zero-order valence-electron chi connectivity index (χ0n) is 56.4. The Balaban J connectivity index is 0.679. The van der Waals surface area contributed by atoms with Gasteiger partial charge in [-0.2, -0.15) is 0 Å². The van der Waals surface area contributed by atoms with Gasteiger partial charge >= 0.3 is 0 Å². The van der Waals surface area contributed by atoms with Gasteiger partial charge in [-0.1, -0.05) is 231 Å². The Bertz CT molecular complexity index is 6690. The molecule has 0 bridgehead atoms. The molecule has 0 radical (unpaired) electrons. The quantitative estimate of drug-likeness (QED) is 0.115. The van der Waals surface area contributed by atoms with Crippen LogP contribution in [-0.2, 0) is 0 Å². The number of anilines is 6. The first-order chi connectivity index (χ1) is 51.5. The Labute approximate surface area is 600 Å². The molecule has 6 nitrogen and oxygen atoms in total. The fourth-order valence-corrected chi connectivity index (χ4v) is 15.7. The van der Waals surface area contributed by atoms with Gasteiger partial charge in [-0.25, -0.2) is 4.98 Å². The Hall–Kier alpha value is -13.9. The highest BCUT2D eigenvalue weighted by Gasteiger charge is 2.25. The molecule has 20 aromatic rings. The van der Waals surface area contributed by atoms with E-state index < -0.39 is 0 Å². The lowest BCUT2D eigenvalue weighted by Crippen LogP contribution is -2.10. The Morgan fingerprint density at radius 2 is 0.683 bits per heavy atom. The van der Waals surface area contributed by atoms with E-state index in [1.165, 1.54) is 27.3 Å². The number of hydrogen-bond acceptors (Lipinski definition) is 6. The van der Waals surface area contributed by atoms with Crippen LogP contribution in [0, 0.1) is 0 Å². The van der Waals surface area contributed by atoms with Crippen molar-refractivity contribution < 1.29 is 8.83 Å². The molecular weight excluding hydrogens is 1270 g/mol. The Morgan fingerprint density at radius 1 is 0.221 bits per heavy atom. The molecule has 0 N–H and O–H groups in total. The van der Waals surface area contributed by atoms with Crippen LogP contribution in [0.1, 0.15) is 0 Å². The van der Waals surface area contributed by atoms with Gasteiger partial charge in [0.05, 0.1) is 16.6 Å². The SMILES string of the molecule is c1ccc(-c2ccc(N(c3ccc(-c4cc(-c5ccccc5)cc5cc(-c6ccccc6-c6cc(-c7ccc(N(c8ccc(-c9ccccc9)cc8)c8cc9ncccc9c9oc%10ccccc%10c89)cc7)c7ccccc7c6)ccc45)cc3)c3ccc4ccc5c6cccnc6oc5c4c3)cc2)cc1. The summed E-state index contributed by atoms with van der Waals surface area (Å²) in [6, 6.07) is 132. The minimum absolute atomic E-state index is 0.637.